The smallest absolute Gasteiger partial charge is 0.360 e. The largest absolute Gasteiger partial charge is 0.461 e. The van der Waals surface area contributed by atoms with E-state index in [0.717, 1.165) is 11.1 Å². The summed E-state index contributed by atoms with van der Waals surface area (Å²) in [4.78, 5) is 25.1. The fraction of sp³-hybridized carbons (Fsp3) is 0.190. The Balaban J connectivity index is 2.00. The number of ether oxygens (including phenoxy) is 1. The first kappa shape index (κ1) is 19.3. The van der Waals surface area contributed by atoms with E-state index in [1.807, 2.05) is 19.1 Å². The van der Waals surface area contributed by atoms with Crippen LogP contribution in [-0.2, 0) is 11.3 Å². The van der Waals surface area contributed by atoms with Crippen LogP contribution in [0.15, 0.2) is 59.4 Å². The first-order chi connectivity index (χ1) is 13.5. The van der Waals surface area contributed by atoms with Crippen molar-refractivity contribution in [3.05, 3.63) is 87.6 Å². The summed E-state index contributed by atoms with van der Waals surface area (Å²) in [5, 5.41) is 7.28. The van der Waals surface area contributed by atoms with Gasteiger partial charge in [0, 0.05) is 12.6 Å². The number of carbonyl (C=O) groups excluding carboxylic acids is 1. The van der Waals surface area contributed by atoms with Crippen molar-refractivity contribution >= 4 is 11.7 Å². The molecule has 0 amide bonds. The molecule has 28 heavy (non-hydrogen) atoms. The number of aromatic nitrogens is 2. The highest BCUT2D eigenvalue weighted by Crippen LogP contribution is 2.17. The molecule has 0 spiro atoms. The van der Waals surface area contributed by atoms with Gasteiger partial charge in [-0.1, -0.05) is 30.3 Å². The molecule has 0 atom stereocenters. The molecule has 0 aliphatic heterocycles. The second-order valence-corrected chi connectivity index (χ2v) is 6.14. The van der Waals surface area contributed by atoms with Gasteiger partial charge in [-0.3, -0.25) is 4.79 Å². The van der Waals surface area contributed by atoms with E-state index in [4.69, 9.17) is 4.74 Å². The minimum atomic E-state index is -0.633. The standard InChI is InChI=1S/C21H20FN3O3/c1-3-28-21(27)20-17(23-13-15-8-10-16(22)11-9-15)12-19(26)25(24-20)18-7-5-4-6-14(18)2/h4-12,23H,3,13H2,1-2H3. The second-order valence-electron chi connectivity index (χ2n) is 6.14. The Morgan fingerprint density at radius 1 is 1.18 bits per heavy atom. The summed E-state index contributed by atoms with van der Waals surface area (Å²) in [6.45, 7) is 4.03. The van der Waals surface area contributed by atoms with E-state index in [-0.39, 0.29) is 29.4 Å². The number of carbonyl (C=O) groups is 1. The third-order valence-electron chi connectivity index (χ3n) is 4.14. The highest BCUT2D eigenvalue weighted by molar-refractivity contribution is 5.93. The van der Waals surface area contributed by atoms with E-state index in [9.17, 15) is 14.0 Å². The SMILES string of the molecule is CCOC(=O)c1nn(-c2ccccc2C)c(=O)cc1NCc1ccc(F)cc1. The average molecular weight is 381 g/mol. The molecule has 3 rings (SSSR count). The normalized spacial score (nSPS) is 10.5. The Morgan fingerprint density at radius 3 is 2.57 bits per heavy atom. The van der Waals surface area contributed by atoms with E-state index in [2.05, 4.69) is 10.4 Å². The summed E-state index contributed by atoms with van der Waals surface area (Å²) in [6, 6.07) is 14.5. The number of hydrogen-bond donors (Lipinski definition) is 1. The predicted molar refractivity (Wildman–Crippen MR) is 104 cm³/mol. The molecule has 6 nitrogen and oxygen atoms in total. The van der Waals surface area contributed by atoms with Crippen LogP contribution in [-0.4, -0.2) is 22.4 Å². The highest BCUT2D eigenvalue weighted by Gasteiger charge is 2.19. The van der Waals surface area contributed by atoms with E-state index in [1.165, 1.54) is 22.9 Å². The molecule has 0 unspecified atom stereocenters. The maximum Gasteiger partial charge on any atom is 0.360 e. The zero-order chi connectivity index (χ0) is 20.1. The minimum absolute atomic E-state index is 0.00631. The van der Waals surface area contributed by atoms with Crippen LogP contribution in [0.5, 0.6) is 0 Å². The van der Waals surface area contributed by atoms with Crippen molar-refractivity contribution in [2.24, 2.45) is 0 Å². The Labute approximate surface area is 161 Å². The van der Waals surface area contributed by atoms with E-state index in [1.54, 1.807) is 31.2 Å². The Bertz CT molecular complexity index is 1050. The van der Waals surface area contributed by atoms with Gasteiger partial charge in [0.25, 0.3) is 5.56 Å². The van der Waals surface area contributed by atoms with Crippen molar-refractivity contribution < 1.29 is 13.9 Å². The molecule has 0 saturated carbocycles. The van der Waals surface area contributed by atoms with Gasteiger partial charge in [0.2, 0.25) is 0 Å². The lowest BCUT2D eigenvalue weighted by atomic mass is 10.2. The summed E-state index contributed by atoms with van der Waals surface area (Å²) in [5.74, 6) is -0.968. The molecule has 1 N–H and O–H groups in total. The third kappa shape index (κ3) is 4.25. The number of rotatable bonds is 6. The second kappa shape index (κ2) is 8.47. The number of esters is 1. The number of hydrogen-bond acceptors (Lipinski definition) is 5. The molecule has 3 aromatic rings. The maximum atomic E-state index is 13.1. The van der Waals surface area contributed by atoms with Gasteiger partial charge in [0.15, 0.2) is 5.69 Å². The van der Waals surface area contributed by atoms with Crippen LogP contribution in [0.3, 0.4) is 0 Å². The van der Waals surface area contributed by atoms with Gasteiger partial charge in [0.1, 0.15) is 5.82 Å². The van der Waals surface area contributed by atoms with Crippen molar-refractivity contribution in [3.8, 4) is 5.69 Å². The van der Waals surface area contributed by atoms with Gasteiger partial charge < -0.3 is 10.1 Å². The molecule has 7 heteroatoms. The third-order valence-corrected chi connectivity index (χ3v) is 4.14. The molecular weight excluding hydrogens is 361 g/mol. The summed E-state index contributed by atoms with van der Waals surface area (Å²) in [5.41, 5.74) is 2.11. The Kier molecular flexibility index (Phi) is 5.84. The molecule has 0 aliphatic rings. The molecule has 0 fully saturated rings. The zero-order valence-corrected chi connectivity index (χ0v) is 15.6. The van der Waals surface area contributed by atoms with E-state index in [0.29, 0.717) is 12.2 Å². The fourth-order valence-corrected chi connectivity index (χ4v) is 2.71. The fourth-order valence-electron chi connectivity index (χ4n) is 2.71. The Hall–Kier alpha value is -3.48. The molecule has 0 bridgehead atoms. The van der Waals surface area contributed by atoms with Gasteiger partial charge in [-0.15, -0.1) is 0 Å². The van der Waals surface area contributed by atoms with Gasteiger partial charge >= 0.3 is 5.97 Å². The van der Waals surface area contributed by atoms with E-state index >= 15 is 0 Å². The average Bonchev–Trinajstić information content (AvgIpc) is 2.68. The van der Waals surface area contributed by atoms with Gasteiger partial charge in [-0.05, 0) is 43.2 Å². The molecule has 2 aromatic carbocycles. The summed E-state index contributed by atoms with van der Waals surface area (Å²) in [7, 11) is 0. The number of para-hydroxylation sites is 1. The van der Waals surface area contributed by atoms with E-state index < -0.39 is 5.97 Å². The van der Waals surface area contributed by atoms with Gasteiger partial charge in [0.05, 0.1) is 18.0 Å². The number of anilines is 1. The number of nitrogens with zero attached hydrogens (tertiary/aromatic N) is 2. The lowest BCUT2D eigenvalue weighted by Crippen LogP contribution is -2.26. The van der Waals surface area contributed by atoms with Crippen molar-refractivity contribution in [2.45, 2.75) is 20.4 Å². The predicted octanol–water partition coefficient (Wildman–Crippen LogP) is 3.47. The van der Waals surface area contributed by atoms with Gasteiger partial charge in [-0.2, -0.15) is 9.78 Å². The number of benzene rings is 2. The van der Waals surface area contributed by atoms with Crippen molar-refractivity contribution in [3.63, 3.8) is 0 Å². The maximum absolute atomic E-state index is 13.1. The molecule has 0 aliphatic carbocycles. The number of aryl methyl sites for hydroxylation is 1. The summed E-state index contributed by atoms with van der Waals surface area (Å²) >= 11 is 0. The highest BCUT2D eigenvalue weighted by atomic mass is 19.1. The Morgan fingerprint density at radius 2 is 1.89 bits per heavy atom. The molecule has 144 valence electrons. The van der Waals surface area contributed by atoms with Crippen molar-refractivity contribution in [1.29, 1.82) is 0 Å². The van der Waals surface area contributed by atoms with Crippen LogP contribution >= 0.6 is 0 Å². The molecule has 1 aromatic heterocycles. The summed E-state index contributed by atoms with van der Waals surface area (Å²) in [6.07, 6.45) is 0. The minimum Gasteiger partial charge on any atom is -0.461 e. The van der Waals surface area contributed by atoms with Crippen LogP contribution < -0.4 is 10.9 Å². The number of nitrogens with one attached hydrogen (secondary N) is 1. The molecule has 1 heterocycles. The van der Waals surface area contributed by atoms with Crippen molar-refractivity contribution in [1.82, 2.24) is 9.78 Å². The topological polar surface area (TPSA) is 73.2 Å². The molecule has 0 saturated heterocycles. The van der Waals surface area contributed by atoms with Crippen LogP contribution in [0.25, 0.3) is 5.69 Å². The quantitative estimate of drug-likeness (QED) is 0.662. The first-order valence-corrected chi connectivity index (χ1v) is 8.85. The van der Waals surface area contributed by atoms with Crippen molar-refractivity contribution in [2.75, 3.05) is 11.9 Å². The molecular formula is C21H20FN3O3. The summed E-state index contributed by atoms with van der Waals surface area (Å²) < 4.78 is 19.3. The first-order valence-electron chi connectivity index (χ1n) is 8.85. The zero-order valence-electron chi connectivity index (χ0n) is 15.6. The monoisotopic (exact) mass is 381 g/mol. The number of halogens is 1. The van der Waals surface area contributed by atoms with Crippen LogP contribution in [0.2, 0.25) is 0 Å². The van der Waals surface area contributed by atoms with Gasteiger partial charge in [-0.25, -0.2) is 9.18 Å². The van der Waals surface area contributed by atoms with Crippen LogP contribution in [0, 0.1) is 12.7 Å². The van der Waals surface area contributed by atoms with Crippen LogP contribution in [0.1, 0.15) is 28.5 Å². The van der Waals surface area contributed by atoms with Crippen LogP contribution in [0.4, 0.5) is 10.1 Å². The lowest BCUT2D eigenvalue weighted by molar-refractivity contribution is 0.0518. The lowest BCUT2D eigenvalue weighted by Gasteiger charge is -2.14. The molecule has 0 radical (unpaired) electrons.